The number of carbonyl (C=O) groups is 2. The highest BCUT2D eigenvalue weighted by Gasteiger charge is 2.49. The third kappa shape index (κ3) is 3.24. The predicted molar refractivity (Wildman–Crippen MR) is 115 cm³/mol. The zero-order valence-electron chi connectivity index (χ0n) is 18.1. The van der Waals surface area contributed by atoms with E-state index >= 15 is 0 Å². The van der Waals surface area contributed by atoms with Gasteiger partial charge in [0.1, 0.15) is 5.56 Å². The van der Waals surface area contributed by atoms with Crippen LogP contribution in [0.15, 0.2) is 41.2 Å². The molecule has 1 aromatic heterocycles. The molecule has 2 aromatic rings. The Morgan fingerprint density at radius 2 is 1.77 bits per heavy atom. The lowest BCUT2D eigenvalue weighted by molar-refractivity contribution is -0.130. The molecule has 0 bridgehead atoms. The lowest BCUT2D eigenvalue weighted by atomic mass is 9.87. The average molecular weight is 408 g/mol. The molecular weight excluding hydrogens is 378 g/mol. The van der Waals surface area contributed by atoms with Gasteiger partial charge in [0.05, 0.1) is 6.04 Å². The fourth-order valence-electron chi connectivity index (χ4n) is 5.25. The van der Waals surface area contributed by atoms with E-state index in [9.17, 15) is 14.4 Å². The van der Waals surface area contributed by atoms with Gasteiger partial charge in [-0.05, 0) is 44.0 Å². The van der Waals surface area contributed by atoms with Gasteiger partial charge >= 0.3 is 0 Å². The van der Waals surface area contributed by atoms with Crippen LogP contribution in [-0.4, -0.2) is 45.8 Å². The minimum Gasteiger partial charge on any atom is -0.338 e. The zero-order chi connectivity index (χ0) is 21.6. The van der Waals surface area contributed by atoms with Gasteiger partial charge < -0.3 is 14.4 Å². The summed E-state index contributed by atoms with van der Waals surface area (Å²) in [7, 11) is 0. The fraction of sp³-hybridized carbons (Fsp3) is 0.458. The number of aromatic nitrogens is 1. The van der Waals surface area contributed by atoms with E-state index < -0.39 is 0 Å². The molecule has 0 unspecified atom stereocenters. The Morgan fingerprint density at radius 1 is 1.03 bits per heavy atom. The summed E-state index contributed by atoms with van der Waals surface area (Å²) in [5.74, 6) is 0.272. The molecular formula is C24H29N3O3. The van der Waals surface area contributed by atoms with Gasteiger partial charge in [-0.2, -0.15) is 0 Å². The molecule has 6 nitrogen and oxygen atoms in total. The second-order valence-corrected chi connectivity index (χ2v) is 8.54. The number of aryl methyl sites for hydroxylation is 2. The van der Waals surface area contributed by atoms with Crippen LogP contribution in [-0.2, 0) is 11.3 Å². The summed E-state index contributed by atoms with van der Waals surface area (Å²) in [6, 6.07) is 11.6. The molecule has 0 aliphatic carbocycles. The minimum atomic E-state index is -0.222. The average Bonchev–Trinajstić information content (AvgIpc) is 3.27. The molecule has 3 atom stereocenters. The smallest absolute Gasteiger partial charge is 0.263 e. The van der Waals surface area contributed by atoms with Crippen molar-refractivity contribution in [2.45, 2.75) is 40.3 Å². The van der Waals surface area contributed by atoms with Crippen LogP contribution in [0.25, 0.3) is 0 Å². The monoisotopic (exact) mass is 407 g/mol. The second kappa shape index (κ2) is 7.74. The van der Waals surface area contributed by atoms with E-state index in [4.69, 9.17) is 0 Å². The van der Waals surface area contributed by atoms with Crippen molar-refractivity contribution in [1.82, 2.24) is 14.4 Å². The number of likely N-dealkylation sites (tertiary alicyclic amines) is 2. The molecule has 2 saturated heterocycles. The largest absolute Gasteiger partial charge is 0.338 e. The van der Waals surface area contributed by atoms with Crippen LogP contribution in [0, 0.1) is 25.7 Å². The Balaban J connectivity index is 1.64. The molecule has 2 amide bonds. The summed E-state index contributed by atoms with van der Waals surface area (Å²) in [6.45, 7) is 9.80. The maximum absolute atomic E-state index is 13.2. The first kappa shape index (κ1) is 20.4. The van der Waals surface area contributed by atoms with E-state index in [-0.39, 0.29) is 40.8 Å². The molecule has 6 heteroatoms. The standard InChI is InChI=1S/C24H29N3O3/c1-5-26-16(3)10-11-20(24(26)30)23(29)25-12-18-13-27(17(4)28)22(21(18)14-25)19-9-7-6-8-15(19)2/h6-11,18,21-22H,5,12-14H2,1-4H3/t18-,21-,22-/m1/s1. The van der Waals surface area contributed by atoms with E-state index in [1.165, 1.54) is 0 Å². The van der Waals surface area contributed by atoms with Crippen molar-refractivity contribution in [3.05, 3.63) is 69.1 Å². The van der Waals surface area contributed by atoms with Crippen molar-refractivity contribution in [2.75, 3.05) is 19.6 Å². The zero-order valence-corrected chi connectivity index (χ0v) is 18.1. The number of carbonyl (C=O) groups excluding carboxylic acids is 2. The Bertz CT molecular complexity index is 1060. The van der Waals surface area contributed by atoms with Crippen LogP contribution in [0.1, 0.15) is 47.1 Å². The SMILES string of the molecule is CCn1c(C)ccc(C(=O)N2C[C@@H]3CN(C(C)=O)[C@H](c4ccccc4C)[C@@H]3C2)c1=O. The minimum absolute atomic E-state index is 0.0307. The molecule has 2 aliphatic heterocycles. The van der Waals surface area contributed by atoms with Crippen LogP contribution in [0.5, 0.6) is 0 Å². The van der Waals surface area contributed by atoms with Crippen LogP contribution in [0.2, 0.25) is 0 Å². The molecule has 3 heterocycles. The van der Waals surface area contributed by atoms with E-state index in [1.807, 2.05) is 41.8 Å². The van der Waals surface area contributed by atoms with Gasteiger partial charge in [0.15, 0.2) is 0 Å². The lowest BCUT2D eigenvalue weighted by Gasteiger charge is -2.30. The fourth-order valence-corrected chi connectivity index (χ4v) is 5.25. The van der Waals surface area contributed by atoms with Gasteiger partial charge in [-0.3, -0.25) is 14.4 Å². The summed E-state index contributed by atoms with van der Waals surface area (Å²) < 4.78 is 1.64. The van der Waals surface area contributed by atoms with Crippen molar-refractivity contribution in [3.8, 4) is 0 Å². The van der Waals surface area contributed by atoms with Gasteiger partial charge in [-0.25, -0.2) is 0 Å². The van der Waals surface area contributed by atoms with Gasteiger partial charge in [0.2, 0.25) is 5.91 Å². The van der Waals surface area contributed by atoms with E-state index in [0.29, 0.717) is 26.2 Å². The third-order valence-corrected chi connectivity index (χ3v) is 6.80. The summed E-state index contributed by atoms with van der Waals surface area (Å²) in [6.07, 6.45) is 0. The molecule has 158 valence electrons. The number of amides is 2. The predicted octanol–water partition coefficient (Wildman–Crippen LogP) is 2.78. The quantitative estimate of drug-likeness (QED) is 0.786. The van der Waals surface area contributed by atoms with Crippen LogP contribution >= 0.6 is 0 Å². The van der Waals surface area contributed by atoms with Crippen molar-refractivity contribution in [2.24, 2.45) is 11.8 Å². The van der Waals surface area contributed by atoms with Gasteiger partial charge in [0.25, 0.3) is 11.5 Å². The number of benzene rings is 1. The first-order valence-corrected chi connectivity index (χ1v) is 10.7. The number of rotatable bonds is 3. The molecule has 30 heavy (non-hydrogen) atoms. The highest BCUT2D eigenvalue weighted by atomic mass is 16.2. The summed E-state index contributed by atoms with van der Waals surface area (Å²) in [4.78, 5) is 42.2. The second-order valence-electron chi connectivity index (χ2n) is 8.54. The molecule has 1 aromatic carbocycles. The number of pyridine rings is 1. The maximum Gasteiger partial charge on any atom is 0.263 e. The summed E-state index contributed by atoms with van der Waals surface area (Å²) >= 11 is 0. The summed E-state index contributed by atoms with van der Waals surface area (Å²) in [5, 5.41) is 0. The van der Waals surface area contributed by atoms with Gasteiger partial charge in [0, 0.05) is 50.6 Å². The molecule has 2 fully saturated rings. The summed E-state index contributed by atoms with van der Waals surface area (Å²) in [5.41, 5.74) is 3.18. The molecule has 0 spiro atoms. The first-order chi connectivity index (χ1) is 14.3. The van der Waals surface area contributed by atoms with Crippen LogP contribution in [0.4, 0.5) is 0 Å². The Hall–Kier alpha value is -2.89. The van der Waals surface area contributed by atoms with Crippen LogP contribution < -0.4 is 5.56 Å². The number of hydrogen-bond acceptors (Lipinski definition) is 3. The highest BCUT2D eigenvalue weighted by Crippen LogP contribution is 2.45. The molecule has 0 radical (unpaired) electrons. The van der Waals surface area contributed by atoms with Crippen molar-refractivity contribution >= 4 is 11.8 Å². The van der Waals surface area contributed by atoms with Crippen molar-refractivity contribution < 1.29 is 9.59 Å². The van der Waals surface area contributed by atoms with Gasteiger partial charge in [-0.1, -0.05) is 24.3 Å². The molecule has 2 aliphatic rings. The normalized spacial score (nSPS) is 23.0. The lowest BCUT2D eigenvalue weighted by Crippen LogP contribution is -2.39. The molecule has 0 saturated carbocycles. The Morgan fingerprint density at radius 3 is 2.43 bits per heavy atom. The Kier molecular flexibility index (Phi) is 5.26. The molecule has 0 N–H and O–H groups in total. The van der Waals surface area contributed by atoms with E-state index in [0.717, 1.165) is 16.8 Å². The van der Waals surface area contributed by atoms with Crippen molar-refractivity contribution in [1.29, 1.82) is 0 Å². The van der Waals surface area contributed by atoms with E-state index in [2.05, 4.69) is 19.1 Å². The number of nitrogens with zero attached hydrogens (tertiary/aromatic N) is 3. The third-order valence-electron chi connectivity index (χ3n) is 6.80. The maximum atomic E-state index is 13.2. The number of fused-ring (bicyclic) bond motifs is 1. The first-order valence-electron chi connectivity index (χ1n) is 10.7. The Labute approximate surface area is 177 Å². The molecule has 4 rings (SSSR count). The van der Waals surface area contributed by atoms with Crippen molar-refractivity contribution in [3.63, 3.8) is 0 Å². The topological polar surface area (TPSA) is 62.6 Å². The van der Waals surface area contributed by atoms with E-state index in [1.54, 1.807) is 17.6 Å². The van der Waals surface area contributed by atoms with Gasteiger partial charge in [-0.15, -0.1) is 0 Å². The van der Waals surface area contributed by atoms with Crippen LogP contribution in [0.3, 0.4) is 0 Å². The highest BCUT2D eigenvalue weighted by molar-refractivity contribution is 5.94. The number of hydrogen-bond donors (Lipinski definition) is 0.